The van der Waals surface area contributed by atoms with Gasteiger partial charge in [-0.1, -0.05) is 15.9 Å². The Morgan fingerprint density at radius 1 is 1.25 bits per heavy atom. The Kier molecular flexibility index (Phi) is 4.63. The second kappa shape index (κ2) is 6.43. The van der Waals surface area contributed by atoms with Gasteiger partial charge in [-0.3, -0.25) is 4.79 Å². The molecular weight excluding hydrogens is 322 g/mol. The summed E-state index contributed by atoms with van der Waals surface area (Å²) in [6.07, 6.45) is 0. The molecule has 0 aliphatic carbocycles. The van der Waals surface area contributed by atoms with Gasteiger partial charge in [0.05, 0.1) is 7.11 Å². The normalized spacial score (nSPS) is 10.1. The molecule has 5 heteroatoms. The number of carbonyl (C=O) groups is 1. The van der Waals surface area contributed by atoms with Crippen molar-refractivity contribution in [3.63, 3.8) is 0 Å². The number of amides is 1. The minimum atomic E-state index is -0.195. The molecule has 2 aromatic rings. The number of nitrogens with one attached hydrogen (secondary N) is 1. The standard InChI is InChI=1S/C15H14BrNO3/c1-20-13-6-7-14(18)11(8-13)9-17-15(19)10-2-4-12(16)5-3-10/h2-8,18H,9H2,1H3,(H,17,19). The Morgan fingerprint density at radius 2 is 1.95 bits per heavy atom. The number of phenolic OH excluding ortho intramolecular Hbond substituents is 1. The zero-order valence-corrected chi connectivity index (χ0v) is 12.5. The summed E-state index contributed by atoms with van der Waals surface area (Å²) >= 11 is 3.32. The van der Waals surface area contributed by atoms with Gasteiger partial charge in [0.15, 0.2) is 0 Å². The quantitative estimate of drug-likeness (QED) is 0.902. The van der Waals surface area contributed by atoms with Crippen LogP contribution in [0.3, 0.4) is 0 Å². The molecule has 2 N–H and O–H groups in total. The summed E-state index contributed by atoms with van der Waals surface area (Å²) < 4.78 is 6.00. The number of benzene rings is 2. The first kappa shape index (κ1) is 14.4. The molecule has 0 bridgehead atoms. The van der Waals surface area contributed by atoms with Gasteiger partial charge in [-0.15, -0.1) is 0 Å². The van der Waals surface area contributed by atoms with E-state index in [1.807, 2.05) is 0 Å². The van der Waals surface area contributed by atoms with Gasteiger partial charge >= 0.3 is 0 Å². The van der Waals surface area contributed by atoms with Gasteiger partial charge in [-0.2, -0.15) is 0 Å². The first-order valence-corrected chi connectivity index (χ1v) is 6.79. The third-order valence-corrected chi connectivity index (χ3v) is 3.36. The predicted molar refractivity (Wildman–Crippen MR) is 80.0 cm³/mol. The molecule has 0 saturated carbocycles. The summed E-state index contributed by atoms with van der Waals surface area (Å²) in [4.78, 5) is 12.0. The average Bonchev–Trinajstić information content (AvgIpc) is 2.47. The zero-order chi connectivity index (χ0) is 14.5. The number of aromatic hydroxyl groups is 1. The molecule has 0 aliphatic rings. The fraction of sp³-hybridized carbons (Fsp3) is 0.133. The number of phenols is 1. The van der Waals surface area contributed by atoms with Gasteiger partial charge in [0.2, 0.25) is 0 Å². The molecule has 2 rings (SSSR count). The molecule has 0 aliphatic heterocycles. The second-order valence-electron chi connectivity index (χ2n) is 4.18. The van der Waals surface area contributed by atoms with Crippen LogP contribution in [0.1, 0.15) is 15.9 Å². The molecule has 0 saturated heterocycles. The molecule has 2 aromatic carbocycles. The van der Waals surface area contributed by atoms with E-state index in [9.17, 15) is 9.90 Å². The van der Waals surface area contributed by atoms with Crippen LogP contribution in [0.15, 0.2) is 46.9 Å². The second-order valence-corrected chi connectivity index (χ2v) is 5.10. The van der Waals surface area contributed by atoms with E-state index < -0.39 is 0 Å². The monoisotopic (exact) mass is 335 g/mol. The Morgan fingerprint density at radius 3 is 2.60 bits per heavy atom. The topological polar surface area (TPSA) is 58.6 Å². The highest BCUT2D eigenvalue weighted by Crippen LogP contribution is 2.22. The molecule has 0 unspecified atom stereocenters. The van der Waals surface area contributed by atoms with Crippen molar-refractivity contribution >= 4 is 21.8 Å². The van der Waals surface area contributed by atoms with Crippen molar-refractivity contribution in [2.45, 2.75) is 6.54 Å². The van der Waals surface area contributed by atoms with Gasteiger partial charge in [-0.25, -0.2) is 0 Å². The largest absolute Gasteiger partial charge is 0.508 e. The molecule has 0 atom stereocenters. The Hall–Kier alpha value is -2.01. The maximum absolute atomic E-state index is 12.0. The summed E-state index contributed by atoms with van der Waals surface area (Å²) in [7, 11) is 1.55. The molecule has 0 aromatic heterocycles. The van der Waals surface area contributed by atoms with Crippen molar-refractivity contribution in [1.82, 2.24) is 5.32 Å². The van der Waals surface area contributed by atoms with Crippen molar-refractivity contribution in [1.29, 1.82) is 0 Å². The van der Waals surface area contributed by atoms with Crippen LogP contribution < -0.4 is 10.1 Å². The number of halogens is 1. The highest BCUT2D eigenvalue weighted by atomic mass is 79.9. The van der Waals surface area contributed by atoms with E-state index in [2.05, 4.69) is 21.2 Å². The maximum Gasteiger partial charge on any atom is 0.251 e. The van der Waals surface area contributed by atoms with Gasteiger partial charge in [0.25, 0.3) is 5.91 Å². The molecule has 0 heterocycles. The van der Waals surface area contributed by atoms with E-state index >= 15 is 0 Å². The summed E-state index contributed by atoms with van der Waals surface area (Å²) in [5.74, 6) is 0.567. The summed E-state index contributed by atoms with van der Waals surface area (Å²) in [6, 6.07) is 12.0. The molecule has 104 valence electrons. The van der Waals surface area contributed by atoms with Crippen molar-refractivity contribution in [3.05, 3.63) is 58.1 Å². The first-order valence-electron chi connectivity index (χ1n) is 6.00. The molecule has 0 spiro atoms. The van der Waals surface area contributed by atoms with Gasteiger partial charge in [0.1, 0.15) is 11.5 Å². The lowest BCUT2D eigenvalue weighted by atomic mass is 10.1. The molecular formula is C15H14BrNO3. The summed E-state index contributed by atoms with van der Waals surface area (Å²) in [5, 5.41) is 12.5. The molecule has 0 fully saturated rings. The number of carbonyl (C=O) groups excluding carboxylic acids is 1. The highest BCUT2D eigenvalue weighted by Gasteiger charge is 2.08. The Labute approximate surface area is 125 Å². The van der Waals surface area contributed by atoms with Gasteiger partial charge < -0.3 is 15.2 Å². The molecule has 20 heavy (non-hydrogen) atoms. The summed E-state index contributed by atoms with van der Waals surface area (Å²) in [5.41, 5.74) is 1.17. The van der Waals surface area contributed by atoms with E-state index in [-0.39, 0.29) is 18.2 Å². The molecule has 4 nitrogen and oxygen atoms in total. The highest BCUT2D eigenvalue weighted by molar-refractivity contribution is 9.10. The molecule has 0 radical (unpaired) electrons. The minimum Gasteiger partial charge on any atom is -0.508 e. The van der Waals surface area contributed by atoms with Crippen LogP contribution in [0.4, 0.5) is 0 Å². The first-order chi connectivity index (χ1) is 9.60. The lowest BCUT2D eigenvalue weighted by Gasteiger charge is -2.09. The van der Waals surface area contributed by atoms with Crippen LogP contribution in [0.2, 0.25) is 0 Å². The van der Waals surface area contributed by atoms with Crippen molar-refractivity contribution in [3.8, 4) is 11.5 Å². The predicted octanol–water partition coefficient (Wildman–Crippen LogP) is 3.09. The number of methoxy groups -OCH3 is 1. The lowest BCUT2D eigenvalue weighted by molar-refractivity contribution is 0.0950. The number of hydrogen-bond donors (Lipinski definition) is 2. The van der Waals surface area contributed by atoms with E-state index in [1.54, 1.807) is 49.6 Å². The van der Waals surface area contributed by atoms with E-state index in [4.69, 9.17) is 4.74 Å². The van der Waals surface area contributed by atoms with E-state index in [0.717, 1.165) is 4.47 Å². The SMILES string of the molecule is COc1ccc(O)c(CNC(=O)c2ccc(Br)cc2)c1. The Bertz CT molecular complexity index is 611. The van der Waals surface area contributed by atoms with Crippen LogP contribution in [-0.2, 0) is 6.54 Å². The fourth-order valence-electron chi connectivity index (χ4n) is 1.71. The van der Waals surface area contributed by atoms with Gasteiger partial charge in [0, 0.05) is 22.1 Å². The van der Waals surface area contributed by atoms with Crippen LogP contribution in [0.25, 0.3) is 0 Å². The van der Waals surface area contributed by atoms with Gasteiger partial charge in [-0.05, 0) is 42.5 Å². The number of hydrogen-bond acceptors (Lipinski definition) is 3. The third-order valence-electron chi connectivity index (χ3n) is 2.83. The smallest absolute Gasteiger partial charge is 0.251 e. The fourth-order valence-corrected chi connectivity index (χ4v) is 1.97. The van der Waals surface area contributed by atoms with Crippen molar-refractivity contribution < 1.29 is 14.6 Å². The zero-order valence-electron chi connectivity index (χ0n) is 10.9. The van der Waals surface area contributed by atoms with E-state index in [1.165, 1.54) is 0 Å². The number of ether oxygens (including phenoxy) is 1. The molecule has 1 amide bonds. The number of rotatable bonds is 4. The summed E-state index contributed by atoms with van der Waals surface area (Å²) in [6.45, 7) is 0.234. The average molecular weight is 336 g/mol. The lowest BCUT2D eigenvalue weighted by Crippen LogP contribution is -2.22. The van der Waals surface area contributed by atoms with Crippen LogP contribution in [-0.4, -0.2) is 18.1 Å². The minimum absolute atomic E-state index is 0.127. The third kappa shape index (κ3) is 3.51. The van der Waals surface area contributed by atoms with Crippen LogP contribution in [0, 0.1) is 0 Å². The van der Waals surface area contributed by atoms with Crippen molar-refractivity contribution in [2.24, 2.45) is 0 Å². The van der Waals surface area contributed by atoms with Crippen molar-refractivity contribution in [2.75, 3.05) is 7.11 Å². The van der Waals surface area contributed by atoms with Crippen LogP contribution >= 0.6 is 15.9 Å². The van der Waals surface area contributed by atoms with Crippen LogP contribution in [0.5, 0.6) is 11.5 Å². The van der Waals surface area contributed by atoms with E-state index in [0.29, 0.717) is 16.9 Å². The Balaban J connectivity index is 2.05. The maximum atomic E-state index is 12.0.